The number of benzene rings is 3. The van der Waals surface area contributed by atoms with Gasteiger partial charge in [0, 0.05) is 10.2 Å². The quantitative estimate of drug-likeness (QED) is 0.281. The number of amides is 2. The Kier molecular flexibility index (Phi) is 7.97. The lowest BCUT2D eigenvalue weighted by molar-refractivity contribution is -0.117. The van der Waals surface area contributed by atoms with Crippen LogP contribution >= 0.6 is 27.7 Å². The molecule has 1 aliphatic heterocycles. The molecule has 0 radical (unpaired) electrons. The van der Waals surface area contributed by atoms with Gasteiger partial charge in [-0.3, -0.25) is 14.5 Å². The van der Waals surface area contributed by atoms with Crippen LogP contribution in [-0.4, -0.2) is 17.1 Å². The van der Waals surface area contributed by atoms with E-state index in [0.29, 0.717) is 17.1 Å². The molecule has 1 aliphatic rings. The Bertz CT molecular complexity index is 1360. The summed E-state index contributed by atoms with van der Waals surface area (Å²) in [5, 5.41) is 12.9. The molecule has 0 spiro atoms. The molecule has 0 aliphatic carbocycles. The van der Waals surface area contributed by atoms with Gasteiger partial charge in [0.15, 0.2) is 0 Å². The fourth-order valence-electron chi connectivity index (χ4n) is 4.01. The summed E-state index contributed by atoms with van der Waals surface area (Å²) < 4.78 is 0.963. The van der Waals surface area contributed by atoms with Gasteiger partial charge in [-0.2, -0.15) is 5.26 Å². The Morgan fingerprint density at radius 2 is 1.78 bits per heavy atom. The van der Waals surface area contributed by atoms with Gasteiger partial charge in [0.05, 0.1) is 11.3 Å². The Labute approximate surface area is 224 Å². The van der Waals surface area contributed by atoms with Crippen LogP contribution in [-0.2, 0) is 16.0 Å². The minimum Gasteiger partial charge on any atom is -0.345 e. The zero-order chi connectivity index (χ0) is 25.8. The van der Waals surface area contributed by atoms with Crippen LogP contribution in [0.3, 0.4) is 0 Å². The minimum atomic E-state index is -0.498. The molecule has 182 valence electrons. The number of aryl methyl sites for hydroxylation is 2. The van der Waals surface area contributed by atoms with Crippen molar-refractivity contribution in [2.75, 3.05) is 4.90 Å². The first kappa shape index (κ1) is 25.7. The maximum Gasteiger partial charge on any atom is 0.265 e. The van der Waals surface area contributed by atoms with E-state index in [1.165, 1.54) is 16.7 Å². The van der Waals surface area contributed by atoms with Crippen molar-refractivity contribution in [1.29, 1.82) is 5.26 Å². The summed E-state index contributed by atoms with van der Waals surface area (Å²) in [5.74, 6) is -0.639. The first-order chi connectivity index (χ1) is 17.3. The number of anilines is 1. The maximum absolute atomic E-state index is 13.7. The molecule has 1 saturated heterocycles. The second-order valence-electron chi connectivity index (χ2n) is 8.78. The third kappa shape index (κ3) is 5.56. The number of nitrogens with zero attached hydrogens (tertiary/aromatic N) is 2. The van der Waals surface area contributed by atoms with E-state index in [1.807, 2.05) is 93.6 Å². The Balaban J connectivity index is 1.71. The van der Waals surface area contributed by atoms with Crippen molar-refractivity contribution in [3.63, 3.8) is 0 Å². The third-order valence-electron chi connectivity index (χ3n) is 6.24. The highest BCUT2D eigenvalue weighted by Crippen LogP contribution is 2.42. The molecule has 36 heavy (non-hydrogen) atoms. The van der Waals surface area contributed by atoms with Crippen molar-refractivity contribution in [3.8, 4) is 6.07 Å². The first-order valence-corrected chi connectivity index (χ1v) is 13.3. The third-order valence-corrected chi connectivity index (χ3v) is 8.03. The molecule has 2 unspecified atom stereocenters. The largest absolute Gasteiger partial charge is 0.345 e. The van der Waals surface area contributed by atoms with Gasteiger partial charge in [0.2, 0.25) is 5.91 Å². The first-order valence-electron chi connectivity index (χ1n) is 11.6. The van der Waals surface area contributed by atoms with Gasteiger partial charge in [0.1, 0.15) is 16.7 Å². The van der Waals surface area contributed by atoms with Crippen LogP contribution in [0.4, 0.5) is 5.69 Å². The minimum absolute atomic E-state index is 0.0623. The molecule has 2 amide bonds. The highest BCUT2D eigenvalue weighted by atomic mass is 79.9. The van der Waals surface area contributed by atoms with Crippen LogP contribution in [0, 0.1) is 25.2 Å². The molecule has 7 heteroatoms. The summed E-state index contributed by atoms with van der Waals surface area (Å²) >= 11 is 4.72. The summed E-state index contributed by atoms with van der Waals surface area (Å²) in [5.41, 5.74) is 4.66. The average Bonchev–Trinajstić information content (AvgIpc) is 3.18. The smallest absolute Gasteiger partial charge is 0.265 e. The van der Waals surface area contributed by atoms with E-state index in [2.05, 4.69) is 27.3 Å². The molecule has 1 heterocycles. The number of rotatable bonds is 6. The molecule has 3 aromatic rings. The van der Waals surface area contributed by atoms with Crippen molar-refractivity contribution in [3.05, 3.63) is 110 Å². The van der Waals surface area contributed by atoms with Crippen LogP contribution in [0.1, 0.15) is 35.2 Å². The van der Waals surface area contributed by atoms with E-state index in [1.54, 1.807) is 0 Å². The van der Waals surface area contributed by atoms with Gasteiger partial charge in [0.25, 0.3) is 5.91 Å². The maximum atomic E-state index is 13.7. The van der Waals surface area contributed by atoms with Gasteiger partial charge >= 0.3 is 0 Å². The summed E-state index contributed by atoms with van der Waals surface area (Å²) in [7, 11) is 0. The topological polar surface area (TPSA) is 73.2 Å². The van der Waals surface area contributed by atoms with Gasteiger partial charge in [-0.1, -0.05) is 76.2 Å². The number of thioether (sulfide) groups is 1. The van der Waals surface area contributed by atoms with E-state index >= 15 is 0 Å². The predicted molar refractivity (Wildman–Crippen MR) is 148 cm³/mol. The van der Waals surface area contributed by atoms with Crippen molar-refractivity contribution < 1.29 is 9.59 Å². The van der Waals surface area contributed by atoms with Crippen molar-refractivity contribution in [2.45, 2.75) is 38.5 Å². The normalized spacial score (nSPS) is 17.5. The summed E-state index contributed by atoms with van der Waals surface area (Å²) in [4.78, 5) is 28.5. The standard InChI is InChI=1S/C29H26BrN3O2S/c1-18-9-14-24(15-19(18)2)33-28(35)26(16-21-10-12-23(30)13-11-21)36-29(33)25(17-31)27(34)32-20(3)22-7-5-4-6-8-22/h4-15,20,26H,16H2,1-3H3,(H,32,34)/b29-25-. The second-order valence-corrected chi connectivity index (χ2v) is 10.9. The Hall–Kier alpha value is -3.34. The lowest BCUT2D eigenvalue weighted by Gasteiger charge is -2.20. The number of carbonyl (C=O) groups is 2. The fourth-order valence-corrected chi connectivity index (χ4v) is 5.59. The number of nitriles is 1. The number of carbonyl (C=O) groups excluding carboxylic acids is 2. The molecule has 2 atom stereocenters. The highest BCUT2D eigenvalue weighted by Gasteiger charge is 2.41. The van der Waals surface area contributed by atoms with Crippen LogP contribution in [0.5, 0.6) is 0 Å². The molecule has 1 fully saturated rings. The zero-order valence-electron chi connectivity index (χ0n) is 20.3. The van der Waals surface area contributed by atoms with Crippen LogP contribution in [0.25, 0.3) is 0 Å². The molecule has 5 nitrogen and oxygen atoms in total. The number of nitrogens with one attached hydrogen (secondary N) is 1. The van der Waals surface area contributed by atoms with Crippen molar-refractivity contribution in [2.24, 2.45) is 0 Å². The number of halogens is 1. The van der Waals surface area contributed by atoms with E-state index < -0.39 is 11.2 Å². The Morgan fingerprint density at radius 1 is 1.08 bits per heavy atom. The van der Waals surface area contributed by atoms with Crippen molar-refractivity contribution in [1.82, 2.24) is 5.32 Å². The molecule has 4 rings (SSSR count). The molecule has 0 bridgehead atoms. The summed E-state index contributed by atoms with van der Waals surface area (Å²) in [6, 6.07) is 24.9. The van der Waals surface area contributed by atoms with E-state index in [-0.39, 0.29) is 17.5 Å². The van der Waals surface area contributed by atoms with Crippen LogP contribution in [0.2, 0.25) is 0 Å². The van der Waals surface area contributed by atoms with Crippen molar-refractivity contribution >= 4 is 45.2 Å². The molecular weight excluding hydrogens is 534 g/mol. The van der Waals surface area contributed by atoms with E-state index in [0.717, 1.165) is 26.7 Å². The van der Waals surface area contributed by atoms with Gasteiger partial charge in [-0.05, 0) is 73.7 Å². The molecule has 0 saturated carbocycles. The molecule has 3 aromatic carbocycles. The lowest BCUT2D eigenvalue weighted by atomic mass is 10.1. The Morgan fingerprint density at radius 3 is 2.42 bits per heavy atom. The van der Waals surface area contributed by atoms with Gasteiger partial charge in [-0.25, -0.2) is 0 Å². The average molecular weight is 561 g/mol. The SMILES string of the molecule is Cc1ccc(N2C(=O)C(Cc3ccc(Br)cc3)S/C2=C(/C#N)C(=O)NC(C)c2ccccc2)cc1C. The summed E-state index contributed by atoms with van der Waals surface area (Å²) in [6.45, 7) is 5.86. The monoisotopic (exact) mass is 559 g/mol. The molecule has 1 N–H and O–H groups in total. The number of hydrogen-bond donors (Lipinski definition) is 1. The highest BCUT2D eigenvalue weighted by molar-refractivity contribution is 9.10. The van der Waals surface area contributed by atoms with Crippen LogP contribution < -0.4 is 10.2 Å². The second kappa shape index (κ2) is 11.2. The van der Waals surface area contributed by atoms with E-state index in [4.69, 9.17) is 0 Å². The number of hydrogen-bond acceptors (Lipinski definition) is 4. The summed E-state index contributed by atoms with van der Waals surface area (Å²) in [6.07, 6.45) is 0.488. The zero-order valence-corrected chi connectivity index (χ0v) is 22.7. The fraction of sp³-hybridized carbons (Fsp3) is 0.207. The lowest BCUT2D eigenvalue weighted by Crippen LogP contribution is -2.33. The van der Waals surface area contributed by atoms with Gasteiger partial charge < -0.3 is 5.32 Å². The van der Waals surface area contributed by atoms with Crippen LogP contribution in [0.15, 0.2) is 87.9 Å². The molecule has 0 aromatic heterocycles. The predicted octanol–water partition coefficient (Wildman–Crippen LogP) is 6.37. The van der Waals surface area contributed by atoms with E-state index in [9.17, 15) is 14.9 Å². The molecular formula is C29H26BrN3O2S. The van der Waals surface area contributed by atoms with Gasteiger partial charge in [-0.15, -0.1) is 0 Å².